The van der Waals surface area contributed by atoms with E-state index in [1.54, 1.807) is 32.4 Å². The number of amides is 1. The molecule has 1 saturated heterocycles. The van der Waals surface area contributed by atoms with Crippen molar-refractivity contribution in [2.75, 3.05) is 26.1 Å². The molecule has 1 fully saturated rings. The Morgan fingerprint density at radius 2 is 2.16 bits per heavy atom. The van der Waals surface area contributed by atoms with Crippen LogP contribution in [0.1, 0.15) is 13.3 Å². The summed E-state index contributed by atoms with van der Waals surface area (Å²) in [7, 11) is 3.17. The molecule has 1 aliphatic rings. The fraction of sp³-hybridized carbons (Fsp3) is 0.500. The molecule has 1 heterocycles. The molecule has 0 radical (unpaired) electrons. The molecule has 2 N–H and O–H groups in total. The third-order valence-electron chi connectivity index (χ3n) is 3.53. The van der Waals surface area contributed by atoms with Crippen LogP contribution < -0.4 is 20.1 Å². The maximum absolute atomic E-state index is 12.2. The second kappa shape index (κ2) is 5.93. The first-order chi connectivity index (χ1) is 9.15. The molecule has 2 atom stereocenters. The van der Waals surface area contributed by atoms with Gasteiger partial charge in [0.1, 0.15) is 11.5 Å². The molecule has 104 valence electrons. The quantitative estimate of drug-likeness (QED) is 0.868. The van der Waals surface area contributed by atoms with Crippen LogP contribution in [-0.2, 0) is 4.79 Å². The minimum atomic E-state index is -0.00379. The van der Waals surface area contributed by atoms with Crippen LogP contribution in [0, 0.1) is 5.92 Å². The van der Waals surface area contributed by atoms with Crippen molar-refractivity contribution < 1.29 is 14.3 Å². The minimum absolute atomic E-state index is 0.00379. The van der Waals surface area contributed by atoms with Crippen molar-refractivity contribution in [3.8, 4) is 11.5 Å². The molecule has 0 saturated carbocycles. The fourth-order valence-corrected chi connectivity index (χ4v) is 2.35. The maximum Gasteiger partial charge on any atom is 0.229 e. The lowest BCUT2D eigenvalue weighted by atomic mass is 10.0. The van der Waals surface area contributed by atoms with E-state index in [9.17, 15) is 4.79 Å². The number of carbonyl (C=O) groups excluding carboxylic acids is 1. The molecular formula is C14H20N2O3. The van der Waals surface area contributed by atoms with Crippen molar-refractivity contribution in [3.63, 3.8) is 0 Å². The van der Waals surface area contributed by atoms with Gasteiger partial charge in [-0.2, -0.15) is 0 Å². The number of hydrogen-bond donors (Lipinski definition) is 2. The van der Waals surface area contributed by atoms with E-state index in [0.717, 1.165) is 13.0 Å². The van der Waals surface area contributed by atoms with Crippen molar-refractivity contribution in [3.05, 3.63) is 18.2 Å². The van der Waals surface area contributed by atoms with E-state index in [1.165, 1.54) is 0 Å². The Morgan fingerprint density at radius 1 is 1.37 bits per heavy atom. The molecule has 5 heteroatoms. The van der Waals surface area contributed by atoms with Gasteiger partial charge in [-0.1, -0.05) is 0 Å². The molecule has 1 aromatic carbocycles. The molecule has 0 bridgehead atoms. The lowest BCUT2D eigenvalue weighted by molar-refractivity contribution is -0.120. The monoisotopic (exact) mass is 264 g/mol. The SMILES string of the molecule is COc1ccc(OC)c(NC(=O)C2CCNC2C)c1. The number of carbonyl (C=O) groups is 1. The van der Waals surface area contributed by atoms with Crippen molar-refractivity contribution >= 4 is 11.6 Å². The summed E-state index contributed by atoms with van der Waals surface area (Å²) >= 11 is 0. The number of benzene rings is 1. The first-order valence-corrected chi connectivity index (χ1v) is 6.42. The molecule has 2 rings (SSSR count). The van der Waals surface area contributed by atoms with Crippen molar-refractivity contribution in [1.29, 1.82) is 0 Å². The van der Waals surface area contributed by atoms with E-state index in [1.807, 2.05) is 6.92 Å². The lowest BCUT2D eigenvalue weighted by Crippen LogP contribution is -2.32. The fourth-order valence-electron chi connectivity index (χ4n) is 2.35. The second-order valence-corrected chi connectivity index (χ2v) is 4.69. The summed E-state index contributed by atoms with van der Waals surface area (Å²) in [6.07, 6.45) is 0.860. The average molecular weight is 264 g/mol. The van der Waals surface area contributed by atoms with Gasteiger partial charge in [0.15, 0.2) is 0 Å². The predicted octanol–water partition coefficient (Wildman–Crippen LogP) is 1.64. The number of anilines is 1. The Hall–Kier alpha value is -1.75. The first-order valence-electron chi connectivity index (χ1n) is 6.42. The number of rotatable bonds is 4. The molecular weight excluding hydrogens is 244 g/mol. The van der Waals surface area contributed by atoms with Gasteiger partial charge in [-0.05, 0) is 32.0 Å². The van der Waals surface area contributed by atoms with Crippen LogP contribution in [0.4, 0.5) is 5.69 Å². The molecule has 1 aliphatic heterocycles. The van der Waals surface area contributed by atoms with Crippen LogP contribution in [0.5, 0.6) is 11.5 Å². The number of methoxy groups -OCH3 is 2. The van der Waals surface area contributed by atoms with Gasteiger partial charge < -0.3 is 20.1 Å². The maximum atomic E-state index is 12.2. The zero-order valence-corrected chi connectivity index (χ0v) is 11.5. The number of nitrogens with one attached hydrogen (secondary N) is 2. The van der Waals surface area contributed by atoms with Gasteiger partial charge in [0.25, 0.3) is 0 Å². The van der Waals surface area contributed by atoms with Gasteiger partial charge in [0, 0.05) is 12.1 Å². The van der Waals surface area contributed by atoms with Crippen molar-refractivity contribution in [2.45, 2.75) is 19.4 Å². The average Bonchev–Trinajstić information content (AvgIpc) is 2.85. The molecule has 1 aromatic rings. The van der Waals surface area contributed by atoms with Gasteiger partial charge in [0.2, 0.25) is 5.91 Å². The number of ether oxygens (including phenoxy) is 2. The highest BCUT2D eigenvalue weighted by molar-refractivity contribution is 5.94. The van der Waals surface area contributed by atoms with Gasteiger partial charge in [-0.15, -0.1) is 0 Å². The third kappa shape index (κ3) is 2.98. The summed E-state index contributed by atoms with van der Waals surface area (Å²) < 4.78 is 10.4. The summed E-state index contributed by atoms with van der Waals surface area (Å²) in [5, 5.41) is 6.20. The van der Waals surface area contributed by atoms with Crippen LogP contribution in [0.15, 0.2) is 18.2 Å². The molecule has 5 nitrogen and oxygen atoms in total. The molecule has 0 aliphatic carbocycles. The molecule has 1 amide bonds. The molecule has 19 heavy (non-hydrogen) atoms. The predicted molar refractivity (Wildman–Crippen MR) is 73.7 cm³/mol. The highest BCUT2D eigenvalue weighted by Crippen LogP contribution is 2.30. The van der Waals surface area contributed by atoms with E-state index in [2.05, 4.69) is 10.6 Å². The highest BCUT2D eigenvalue weighted by Gasteiger charge is 2.29. The summed E-state index contributed by atoms with van der Waals surface area (Å²) in [4.78, 5) is 12.2. The Labute approximate surface area is 113 Å². The largest absolute Gasteiger partial charge is 0.497 e. The zero-order chi connectivity index (χ0) is 13.8. The first kappa shape index (κ1) is 13.7. The molecule has 0 spiro atoms. The van der Waals surface area contributed by atoms with Gasteiger partial charge in [-0.3, -0.25) is 4.79 Å². The van der Waals surface area contributed by atoms with Crippen LogP contribution in [0.2, 0.25) is 0 Å². The van der Waals surface area contributed by atoms with E-state index in [-0.39, 0.29) is 17.9 Å². The van der Waals surface area contributed by atoms with Crippen LogP contribution >= 0.6 is 0 Å². The Morgan fingerprint density at radius 3 is 2.74 bits per heavy atom. The van der Waals surface area contributed by atoms with E-state index in [4.69, 9.17) is 9.47 Å². The highest BCUT2D eigenvalue weighted by atomic mass is 16.5. The van der Waals surface area contributed by atoms with Gasteiger partial charge in [0.05, 0.1) is 25.8 Å². The van der Waals surface area contributed by atoms with Gasteiger partial charge >= 0.3 is 0 Å². The standard InChI is InChI=1S/C14H20N2O3/c1-9-11(6-7-15-9)14(17)16-12-8-10(18-2)4-5-13(12)19-3/h4-5,8-9,11,15H,6-7H2,1-3H3,(H,16,17). The smallest absolute Gasteiger partial charge is 0.229 e. The summed E-state index contributed by atoms with van der Waals surface area (Å²) in [6, 6.07) is 5.56. The van der Waals surface area contributed by atoms with Crippen LogP contribution in [-0.4, -0.2) is 32.7 Å². The van der Waals surface area contributed by atoms with Crippen LogP contribution in [0.25, 0.3) is 0 Å². The molecule has 2 unspecified atom stereocenters. The van der Waals surface area contributed by atoms with Gasteiger partial charge in [-0.25, -0.2) is 0 Å². The Balaban J connectivity index is 2.15. The Kier molecular flexibility index (Phi) is 4.27. The normalized spacial score (nSPS) is 22.1. The second-order valence-electron chi connectivity index (χ2n) is 4.69. The van der Waals surface area contributed by atoms with E-state index < -0.39 is 0 Å². The summed E-state index contributed by atoms with van der Waals surface area (Å²) in [5.41, 5.74) is 0.644. The molecule has 0 aromatic heterocycles. The topological polar surface area (TPSA) is 59.6 Å². The lowest BCUT2D eigenvalue weighted by Gasteiger charge is -2.17. The van der Waals surface area contributed by atoms with Crippen LogP contribution in [0.3, 0.4) is 0 Å². The van der Waals surface area contributed by atoms with E-state index >= 15 is 0 Å². The minimum Gasteiger partial charge on any atom is -0.497 e. The number of hydrogen-bond acceptors (Lipinski definition) is 4. The van der Waals surface area contributed by atoms with Crippen molar-refractivity contribution in [2.24, 2.45) is 5.92 Å². The van der Waals surface area contributed by atoms with E-state index in [0.29, 0.717) is 17.2 Å². The zero-order valence-electron chi connectivity index (χ0n) is 11.5. The Bertz CT molecular complexity index is 462. The summed E-state index contributed by atoms with van der Waals surface area (Å²) in [6.45, 7) is 2.91. The van der Waals surface area contributed by atoms with Crippen molar-refractivity contribution in [1.82, 2.24) is 5.32 Å². The third-order valence-corrected chi connectivity index (χ3v) is 3.53. The summed E-state index contributed by atoms with van der Waals surface area (Å²) in [5.74, 6) is 1.33.